The van der Waals surface area contributed by atoms with Crippen molar-refractivity contribution < 1.29 is 18.0 Å². The Labute approximate surface area is 161 Å². The SMILES string of the molecule is CON(C)S(=O)(=O)c1cccc(C(=O)NC2(c3ccc(Br)cc3)CC2)c1. The molecule has 0 heterocycles. The van der Waals surface area contributed by atoms with E-state index in [1.54, 1.807) is 12.1 Å². The summed E-state index contributed by atoms with van der Waals surface area (Å²) in [4.78, 5) is 17.5. The minimum atomic E-state index is -3.80. The van der Waals surface area contributed by atoms with Crippen molar-refractivity contribution in [2.45, 2.75) is 23.3 Å². The van der Waals surface area contributed by atoms with Gasteiger partial charge in [-0.25, -0.2) is 8.42 Å². The quantitative estimate of drug-likeness (QED) is 0.703. The van der Waals surface area contributed by atoms with Gasteiger partial charge in [-0.3, -0.25) is 9.63 Å². The zero-order valence-corrected chi connectivity index (χ0v) is 16.8. The summed E-state index contributed by atoms with van der Waals surface area (Å²) in [6.45, 7) is 0. The number of carbonyl (C=O) groups excluding carboxylic acids is 1. The molecule has 1 aliphatic carbocycles. The van der Waals surface area contributed by atoms with Crippen LogP contribution < -0.4 is 5.32 Å². The number of sulfonamides is 1. The van der Waals surface area contributed by atoms with Crippen LogP contribution in [0.4, 0.5) is 0 Å². The molecule has 1 N–H and O–H groups in total. The lowest BCUT2D eigenvalue weighted by molar-refractivity contribution is -0.0258. The lowest BCUT2D eigenvalue weighted by Gasteiger charge is -2.19. The minimum absolute atomic E-state index is 0.00277. The fourth-order valence-corrected chi connectivity index (χ4v) is 4.00. The van der Waals surface area contributed by atoms with E-state index < -0.39 is 10.0 Å². The molecular weight excluding hydrogens is 420 g/mol. The topological polar surface area (TPSA) is 75.7 Å². The maximum Gasteiger partial charge on any atom is 0.264 e. The van der Waals surface area contributed by atoms with Crippen LogP contribution in [0.15, 0.2) is 57.9 Å². The predicted molar refractivity (Wildman–Crippen MR) is 101 cm³/mol. The van der Waals surface area contributed by atoms with E-state index in [0.29, 0.717) is 5.56 Å². The highest BCUT2D eigenvalue weighted by Crippen LogP contribution is 2.45. The fraction of sp³-hybridized carbons (Fsp3) is 0.278. The number of carbonyl (C=O) groups is 1. The number of nitrogens with zero attached hydrogens (tertiary/aromatic N) is 1. The standard InChI is InChI=1S/C18H19BrN2O4S/c1-21(25-2)26(23,24)16-5-3-4-13(12-16)17(22)20-18(10-11-18)14-6-8-15(19)9-7-14/h3-9,12H,10-11H2,1-2H3,(H,20,22). The third-order valence-electron chi connectivity index (χ3n) is 4.49. The number of benzene rings is 2. The Hall–Kier alpha value is -1.74. The number of halogens is 1. The Balaban J connectivity index is 1.83. The third kappa shape index (κ3) is 3.68. The molecule has 0 aliphatic heterocycles. The highest BCUT2D eigenvalue weighted by atomic mass is 79.9. The van der Waals surface area contributed by atoms with Gasteiger partial charge in [0.1, 0.15) is 0 Å². The third-order valence-corrected chi connectivity index (χ3v) is 6.69. The molecule has 8 heteroatoms. The van der Waals surface area contributed by atoms with Gasteiger partial charge in [-0.1, -0.05) is 38.6 Å². The molecule has 6 nitrogen and oxygen atoms in total. The zero-order chi connectivity index (χ0) is 18.9. The second kappa shape index (κ2) is 7.11. The van der Waals surface area contributed by atoms with Gasteiger partial charge in [0.15, 0.2) is 0 Å². The first kappa shape index (κ1) is 19.0. The summed E-state index contributed by atoms with van der Waals surface area (Å²) in [7, 11) is -1.24. The van der Waals surface area contributed by atoms with Gasteiger partial charge in [0.05, 0.1) is 17.5 Å². The van der Waals surface area contributed by atoms with Gasteiger partial charge in [0, 0.05) is 17.1 Å². The van der Waals surface area contributed by atoms with Crippen molar-refractivity contribution in [2.75, 3.05) is 14.2 Å². The molecular formula is C18H19BrN2O4S. The summed E-state index contributed by atoms with van der Waals surface area (Å²) in [6, 6.07) is 13.8. The Morgan fingerprint density at radius 2 is 1.85 bits per heavy atom. The molecule has 0 aromatic heterocycles. The Bertz CT molecular complexity index is 924. The van der Waals surface area contributed by atoms with Crippen molar-refractivity contribution >= 4 is 31.9 Å². The zero-order valence-electron chi connectivity index (χ0n) is 14.4. The molecule has 0 bridgehead atoms. The van der Waals surface area contributed by atoms with E-state index in [2.05, 4.69) is 21.2 Å². The molecule has 2 aromatic rings. The second-order valence-corrected chi connectivity index (χ2v) is 9.02. The molecule has 0 spiro atoms. The molecule has 3 rings (SSSR count). The lowest BCUT2D eigenvalue weighted by Crippen LogP contribution is -2.35. The molecule has 0 unspecified atom stereocenters. The Morgan fingerprint density at radius 3 is 2.42 bits per heavy atom. The summed E-state index contributed by atoms with van der Waals surface area (Å²) in [5.41, 5.74) is 0.951. The number of hydrogen-bond acceptors (Lipinski definition) is 4. The molecule has 0 radical (unpaired) electrons. The van der Waals surface area contributed by atoms with Gasteiger partial charge in [-0.15, -0.1) is 0 Å². The normalized spacial score (nSPS) is 15.7. The first-order valence-electron chi connectivity index (χ1n) is 8.00. The van der Waals surface area contributed by atoms with Crippen LogP contribution in [-0.4, -0.2) is 33.0 Å². The fourth-order valence-electron chi connectivity index (χ4n) is 2.71. The van der Waals surface area contributed by atoms with Crippen molar-refractivity contribution in [3.63, 3.8) is 0 Å². The maximum absolute atomic E-state index is 12.7. The molecule has 138 valence electrons. The van der Waals surface area contributed by atoms with Crippen LogP contribution >= 0.6 is 15.9 Å². The first-order chi connectivity index (χ1) is 12.3. The largest absolute Gasteiger partial charge is 0.343 e. The summed E-state index contributed by atoms with van der Waals surface area (Å²) in [5, 5.41) is 3.05. The van der Waals surface area contributed by atoms with E-state index >= 15 is 0 Å². The van der Waals surface area contributed by atoms with E-state index in [4.69, 9.17) is 4.84 Å². The van der Waals surface area contributed by atoms with E-state index in [1.807, 2.05) is 24.3 Å². The van der Waals surface area contributed by atoms with Crippen LogP contribution in [0.5, 0.6) is 0 Å². The molecule has 0 atom stereocenters. The van der Waals surface area contributed by atoms with Crippen molar-refractivity contribution in [3.8, 4) is 0 Å². The Morgan fingerprint density at radius 1 is 1.19 bits per heavy atom. The maximum atomic E-state index is 12.7. The second-order valence-electron chi connectivity index (χ2n) is 6.17. The van der Waals surface area contributed by atoms with Crippen LogP contribution in [0.25, 0.3) is 0 Å². The summed E-state index contributed by atoms with van der Waals surface area (Å²) in [6.07, 6.45) is 1.70. The van der Waals surface area contributed by atoms with Gasteiger partial charge in [-0.2, -0.15) is 0 Å². The lowest BCUT2D eigenvalue weighted by atomic mass is 10.0. The minimum Gasteiger partial charge on any atom is -0.343 e. The first-order valence-corrected chi connectivity index (χ1v) is 10.2. The monoisotopic (exact) mass is 438 g/mol. The summed E-state index contributed by atoms with van der Waals surface area (Å²) in [5.74, 6) is -0.303. The van der Waals surface area contributed by atoms with E-state index in [9.17, 15) is 13.2 Å². The van der Waals surface area contributed by atoms with Gasteiger partial charge >= 0.3 is 0 Å². The molecule has 1 fully saturated rings. The number of nitrogens with one attached hydrogen (secondary N) is 1. The van der Waals surface area contributed by atoms with Crippen LogP contribution in [0.3, 0.4) is 0 Å². The average Bonchev–Trinajstić information content (AvgIpc) is 3.42. The van der Waals surface area contributed by atoms with E-state index in [0.717, 1.165) is 27.3 Å². The van der Waals surface area contributed by atoms with Crippen LogP contribution in [-0.2, 0) is 20.4 Å². The van der Waals surface area contributed by atoms with Crippen LogP contribution in [0, 0.1) is 0 Å². The predicted octanol–water partition coefficient (Wildman–Crippen LogP) is 3.05. The molecule has 0 saturated heterocycles. The molecule has 26 heavy (non-hydrogen) atoms. The molecule has 2 aromatic carbocycles. The number of hydroxylamine groups is 1. The van der Waals surface area contributed by atoms with E-state index in [-0.39, 0.29) is 16.3 Å². The van der Waals surface area contributed by atoms with Gasteiger partial charge < -0.3 is 5.32 Å². The van der Waals surface area contributed by atoms with Crippen molar-refractivity contribution in [2.24, 2.45) is 0 Å². The highest BCUT2D eigenvalue weighted by molar-refractivity contribution is 9.10. The molecule has 1 saturated carbocycles. The average molecular weight is 439 g/mol. The number of rotatable bonds is 6. The van der Waals surface area contributed by atoms with Crippen LogP contribution in [0.1, 0.15) is 28.8 Å². The molecule has 1 aliphatic rings. The summed E-state index contributed by atoms with van der Waals surface area (Å²) >= 11 is 3.41. The highest BCUT2D eigenvalue weighted by Gasteiger charge is 2.45. The smallest absolute Gasteiger partial charge is 0.264 e. The number of amides is 1. The van der Waals surface area contributed by atoms with Crippen molar-refractivity contribution in [3.05, 3.63) is 64.1 Å². The van der Waals surface area contributed by atoms with Gasteiger partial charge in [0.2, 0.25) is 0 Å². The number of hydrogen-bond donors (Lipinski definition) is 1. The van der Waals surface area contributed by atoms with Crippen molar-refractivity contribution in [1.29, 1.82) is 0 Å². The van der Waals surface area contributed by atoms with Crippen molar-refractivity contribution in [1.82, 2.24) is 9.79 Å². The van der Waals surface area contributed by atoms with Gasteiger partial charge in [-0.05, 0) is 48.7 Å². The van der Waals surface area contributed by atoms with Crippen LogP contribution in [0.2, 0.25) is 0 Å². The molecule has 1 amide bonds. The summed E-state index contributed by atoms with van der Waals surface area (Å²) < 4.78 is 26.4. The Kier molecular flexibility index (Phi) is 5.21. The van der Waals surface area contributed by atoms with Gasteiger partial charge in [0.25, 0.3) is 15.9 Å². The van der Waals surface area contributed by atoms with E-state index in [1.165, 1.54) is 26.3 Å².